The molecule has 0 aliphatic carbocycles. The molecule has 36 heavy (non-hydrogen) atoms. The zero-order chi connectivity index (χ0) is 25.3. The number of aryl methyl sites for hydroxylation is 1. The van der Waals surface area contributed by atoms with E-state index >= 15 is 0 Å². The zero-order valence-corrected chi connectivity index (χ0v) is 21.1. The fraction of sp³-hybridized carbons (Fsp3) is 0.414. The van der Waals surface area contributed by atoms with Gasteiger partial charge >= 0.3 is 0 Å². The van der Waals surface area contributed by atoms with Crippen LogP contribution in [0.15, 0.2) is 60.7 Å². The Labute approximate surface area is 212 Å². The third-order valence-electron chi connectivity index (χ3n) is 7.80. The van der Waals surface area contributed by atoms with E-state index in [9.17, 15) is 14.3 Å². The van der Waals surface area contributed by atoms with E-state index in [1.165, 1.54) is 34.0 Å². The minimum atomic E-state index is -0.678. The lowest BCUT2D eigenvalue weighted by molar-refractivity contribution is -0.134. The molecular weight excluding hydrogens is 455 g/mol. The van der Waals surface area contributed by atoms with Gasteiger partial charge in [0.15, 0.2) is 0 Å². The Morgan fingerprint density at radius 3 is 2.44 bits per heavy atom. The van der Waals surface area contributed by atoms with Crippen molar-refractivity contribution in [2.75, 3.05) is 44.8 Å². The molecule has 2 heterocycles. The zero-order valence-electron chi connectivity index (χ0n) is 21.1. The molecule has 0 saturated carbocycles. The number of likely N-dealkylation sites (N-methyl/N-ethyl adjacent to an activating group) is 1. The second-order valence-corrected chi connectivity index (χ2v) is 10.2. The number of benzene rings is 3. The van der Waals surface area contributed by atoms with Gasteiger partial charge in [-0.15, -0.1) is 0 Å². The lowest BCUT2D eigenvalue weighted by Crippen LogP contribution is -2.56. The van der Waals surface area contributed by atoms with E-state index < -0.39 is 11.6 Å². The number of rotatable bonds is 7. The number of likely N-dealkylation sites (tertiary alicyclic amines) is 1. The highest BCUT2D eigenvalue weighted by Crippen LogP contribution is 2.40. The summed E-state index contributed by atoms with van der Waals surface area (Å²) < 4.78 is 13.7. The number of nitrogens with one attached hydrogen (secondary N) is 1. The summed E-state index contributed by atoms with van der Waals surface area (Å²) in [7, 11) is 1.79. The second-order valence-electron chi connectivity index (χ2n) is 10.2. The molecule has 3 aromatic rings. The van der Waals surface area contributed by atoms with Crippen LogP contribution in [0.4, 0.5) is 10.1 Å². The van der Waals surface area contributed by atoms with Crippen molar-refractivity contribution >= 4 is 22.4 Å². The number of β-amino-alcohol motifs (C(OH)–C–C–N with tert-alkyl or cyclic N) is 1. The monoisotopic (exact) mass is 490 g/mol. The van der Waals surface area contributed by atoms with Crippen LogP contribution in [-0.2, 0) is 11.3 Å². The second kappa shape index (κ2) is 10.2. The Morgan fingerprint density at radius 2 is 1.75 bits per heavy atom. The molecule has 2 saturated heterocycles. The van der Waals surface area contributed by atoms with Crippen LogP contribution in [0.25, 0.3) is 10.8 Å². The molecule has 6 nitrogen and oxygen atoms in total. The average Bonchev–Trinajstić information content (AvgIpc) is 3.12. The van der Waals surface area contributed by atoms with Crippen LogP contribution >= 0.6 is 0 Å². The van der Waals surface area contributed by atoms with E-state index in [1.807, 2.05) is 0 Å². The normalized spacial score (nSPS) is 18.9. The minimum Gasteiger partial charge on any atom is -0.390 e. The lowest BCUT2D eigenvalue weighted by atomic mass is 9.85. The van der Waals surface area contributed by atoms with Crippen molar-refractivity contribution in [3.05, 3.63) is 77.6 Å². The highest BCUT2D eigenvalue weighted by atomic mass is 19.1. The van der Waals surface area contributed by atoms with Crippen LogP contribution in [0.1, 0.15) is 24.0 Å². The summed E-state index contributed by atoms with van der Waals surface area (Å²) in [5.74, 6) is -0.234. The fourth-order valence-corrected chi connectivity index (χ4v) is 5.98. The van der Waals surface area contributed by atoms with Gasteiger partial charge in [0.05, 0.1) is 12.8 Å². The number of hydrogen-bond donors (Lipinski definition) is 2. The Bertz CT molecular complexity index is 1220. The molecule has 1 spiro atoms. The molecular formula is C29H35FN4O2. The summed E-state index contributed by atoms with van der Waals surface area (Å²) in [5.41, 5.74) is 2.75. The van der Waals surface area contributed by atoms with Crippen LogP contribution in [-0.4, -0.2) is 72.4 Å². The molecule has 2 aliphatic heterocycles. The van der Waals surface area contributed by atoms with Gasteiger partial charge in [0.1, 0.15) is 11.4 Å². The number of nitrogens with zero attached hydrogens (tertiary/aromatic N) is 3. The molecule has 2 aliphatic rings. The number of aliphatic hydroxyl groups excluding tert-OH is 1. The van der Waals surface area contributed by atoms with Gasteiger partial charge in [0.2, 0.25) is 5.91 Å². The number of hydrogen-bond acceptors (Lipinski definition) is 5. The summed E-state index contributed by atoms with van der Waals surface area (Å²) >= 11 is 0. The Kier molecular flexibility index (Phi) is 6.97. The van der Waals surface area contributed by atoms with Gasteiger partial charge in [-0.25, -0.2) is 4.39 Å². The largest absolute Gasteiger partial charge is 0.390 e. The first-order chi connectivity index (χ1) is 17.4. The van der Waals surface area contributed by atoms with Gasteiger partial charge in [-0.05, 0) is 73.0 Å². The molecule has 5 rings (SSSR count). The Balaban J connectivity index is 1.37. The number of piperidine rings is 1. The van der Waals surface area contributed by atoms with E-state index in [1.54, 1.807) is 24.1 Å². The molecule has 7 heteroatoms. The smallest absolute Gasteiger partial charge is 0.250 e. The predicted molar refractivity (Wildman–Crippen MR) is 141 cm³/mol. The van der Waals surface area contributed by atoms with Gasteiger partial charge in [-0.2, -0.15) is 0 Å². The molecule has 0 aromatic heterocycles. The fourth-order valence-electron chi connectivity index (χ4n) is 5.98. The molecule has 190 valence electrons. The summed E-state index contributed by atoms with van der Waals surface area (Å²) in [6.45, 7) is 5.67. The summed E-state index contributed by atoms with van der Waals surface area (Å²) in [6, 6.07) is 19.3. The molecule has 3 aromatic carbocycles. The van der Waals surface area contributed by atoms with E-state index in [2.05, 4.69) is 58.4 Å². The van der Waals surface area contributed by atoms with Crippen molar-refractivity contribution in [1.29, 1.82) is 0 Å². The number of anilines is 1. The van der Waals surface area contributed by atoms with Crippen molar-refractivity contribution in [1.82, 2.24) is 15.1 Å². The first-order valence-corrected chi connectivity index (χ1v) is 12.8. The van der Waals surface area contributed by atoms with Crippen LogP contribution in [0.3, 0.4) is 0 Å². The van der Waals surface area contributed by atoms with E-state index in [0.29, 0.717) is 26.1 Å². The summed E-state index contributed by atoms with van der Waals surface area (Å²) in [5, 5.41) is 15.9. The number of fused-ring (bicyclic) bond motifs is 1. The summed E-state index contributed by atoms with van der Waals surface area (Å²) in [6.07, 6.45) is 0.732. The minimum absolute atomic E-state index is 0.0580. The molecule has 2 fully saturated rings. The highest BCUT2D eigenvalue weighted by molar-refractivity contribution is 5.93. The van der Waals surface area contributed by atoms with Gasteiger partial charge < -0.3 is 20.2 Å². The van der Waals surface area contributed by atoms with Crippen LogP contribution in [0, 0.1) is 12.7 Å². The van der Waals surface area contributed by atoms with Gasteiger partial charge in [0, 0.05) is 38.4 Å². The Morgan fingerprint density at radius 1 is 1.06 bits per heavy atom. The standard InChI is InChI=1S/C29H35FN4O2/c1-21-5-3-6-22-7-4-8-23(27(21)22)18-32-15-13-29(14-16-32)28(36)33(19-26(35)17-31-2)20-34(29)25-11-9-24(30)10-12-25/h3-12,26,31,35H,13-20H2,1-2H3. The maximum absolute atomic E-state index is 13.8. The van der Waals surface area contributed by atoms with Crippen LogP contribution < -0.4 is 10.2 Å². The highest BCUT2D eigenvalue weighted by Gasteiger charge is 2.53. The quantitative estimate of drug-likeness (QED) is 0.531. The number of halogens is 1. The number of amides is 1. The molecule has 1 unspecified atom stereocenters. The molecule has 0 radical (unpaired) electrons. The first-order valence-electron chi connectivity index (χ1n) is 12.8. The predicted octanol–water partition coefficient (Wildman–Crippen LogP) is 3.51. The van der Waals surface area contributed by atoms with Crippen molar-refractivity contribution in [3.63, 3.8) is 0 Å². The maximum Gasteiger partial charge on any atom is 0.250 e. The van der Waals surface area contributed by atoms with E-state index in [4.69, 9.17) is 0 Å². The number of carbonyl (C=O) groups excluding carboxylic acids is 1. The first kappa shape index (κ1) is 24.7. The van der Waals surface area contributed by atoms with E-state index in [-0.39, 0.29) is 18.3 Å². The SMILES string of the molecule is CNCC(O)CN1CN(c2ccc(F)cc2)C2(CCN(Cc3cccc4cccc(C)c34)CC2)C1=O. The van der Waals surface area contributed by atoms with Crippen molar-refractivity contribution in [2.45, 2.75) is 38.0 Å². The molecule has 2 N–H and O–H groups in total. The third-order valence-corrected chi connectivity index (χ3v) is 7.80. The average molecular weight is 491 g/mol. The lowest BCUT2D eigenvalue weighted by Gasteiger charge is -2.43. The van der Waals surface area contributed by atoms with Gasteiger partial charge in [-0.3, -0.25) is 9.69 Å². The molecule has 0 bridgehead atoms. The molecule has 1 atom stereocenters. The van der Waals surface area contributed by atoms with Crippen LogP contribution in [0.5, 0.6) is 0 Å². The summed E-state index contributed by atoms with van der Waals surface area (Å²) in [4.78, 5) is 20.1. The molecule has 1 amide bonds. The number of carbonyl (C=O) groups is 1. The van der Waals surface area contributed by atoms with Gasteiger partial charge in [-0.1, -0.05) is 36.4 Å². The third kappa shape index (κ3) is 4.59. The Hall–Kier alpha value is -3.00. The van der Waals surface area contributed by atoms with Crippen molar-refractivity contribution in [2.24, 2.45) is 0 Å². The topological polar surface area (TPSA) is 59.1 Å². The van der Waals surface area contributed by atoms with Gasteiger partial charge in [0.25, 0.3) is 0 Å². The maximum atomic E-state index is 13.8. The van der Waals surface area contributed by atoms with Crippen molar-refractivity contribution < 1.29 is 14.3 Å². The van der Waals surface area contributed by atoms with Crippen molar-refractivity contribution in [3.8, 4) is 0 Å². The van der Waals surface area contributed by atoms with Crippen LogP contribution in [0.2, 0.25) is 0 Å². The van der Waals surface area contributed by atoms with E-state index in [0.717, 1.165) is 25.3 Å². The number of aliphatic hydroxyl groups is 1.